The Morgan fingerprint density at radius 1 is 1.12 bits per heavy atom. The Morgan fingerprint density at radius 2 is 1.85 bits per heavy atom. The molecule has 0 unspecified atom stereocenters. The van der Waals surface area contributed by atoms with Crippen molar-refractivity contribution in [2.75, 3.05) is 49.6 Å². The van der Waals surface area contributed by atoms with E-state index in [2.05, 4.69) is 65.4 Å². The van der Waals surface area contributed by atoms with Crippen molar-refractivity contribution < 1.29 is 9.53 Å². The third kappa shape index (κ3) is 6.23. The maximum absolute atomic E-state index is 12.7. The van der Waals surface area contributed by atoms with Crippen LogP contribution in [-0.2, 0) is 22.5 Å². The maximum atomic E-state index is 12.7. The van der Waals surface area contributed by atoms with Gasteiger partial charge in [-0.3, -0.25) is 9.69 Å². The molecule has 1 saturated heterocycles. The normalized spacial score (nSPS) is 14.2. The summed E-state index contributed by atoms with van der Waals surface area (Å²) >= 11 is 1.58. The molecule has 1 aliphatic rings. The third-order valence-corrected chi connectivity index (χ3v) is 7.16. The van der Waals surface area contributed by atoms with Gasteiger partial charge in [0.2, 0.25) is 5.91 Å². The average molecular weight is 479 g/mol. The summed E-state index contributed by atoms with van der Waals surface area (Å²) in [5.41, 5.74) is 6.28. The number of benzene rings is 2. The molecule has 0 bridgehead atoms. The molecule has 7 heteroatoms. The fourth-order valence-corrected chi connectivity index (χ4v) is 5.05. The Labute approximate surface area is 206 Å². The van der Waals surface area contributed by atoms with Crippen molar-refractivity contribution in [3.63, 3.8) is 0 Å². The van der Waals surface area contributed by atoms with Crippen LogP contribution in [0.25, 0.3) is 10.6 Å². The topological polar surface area (TPSA) is 57.7 Å². The van der Waals surface area contributed by atoms with Gasteiger partial charge in [-0.15, -0.1) is 11.3 Å². The lowest BCUT2D eigenvalue weighted by Crippen LogP contribution is -2.35. The van der Waals surface area contributed by atoms with E-state index >= 15 is 0 Å². The van der Waals surface area contributed by atoms with E-state index in [0.717, 1.165) is 73.5 Å². The molecule has 2 aromatic carbocycles. The molecule has 2 heterocycles. The molecule has 34 heavy (non-hydrogen) atoms. The Bertz CT molecular complexity index is 1090. The number of nitrogens with zero attached hydrogens (tertiary/aromatic N) is 3. The van der Waals surface area contributed by atoms with Gasteiger partial charge < -0.3 is 15.0 Å². The molecule has 0 radical (unpaired) electrons. The lowest BCUT2D eigenvalue weighted by molar-refractivity contribution is -0.115. The molecule has 0 spiro atoms. The molecule has 0 atom stereocenters. The first kappa shape index (κ1) is 24.4. The van der Waals surface area contributed by atoms with Gasteiger partial charge in [0.15, 0.2) is 0 Å². The van der Waals surface area contributed by atoms with Crippen LogP contribution >= 0.6 is 11.3 Å². The minimum absolute atomic E-state index is 0.0450. The number of aryl methyl sites for hydroxylation is 1. The molecule has 0 aliphatic carbocycles. The van der Waals surface area contributed by atoms with E-state index in [1.165, 1.54) is 11.3 Å². The minimum atomic E-state index is -0.0450. The monoisotopic (exact) mass is 478 g/mol. The van der Waals surface area contributed by atoms with E-state index in [0.29, 0.717) is 0 Å². The SMILES string of the molecule is CCN(CC)c1ccc(NC(=O)Cc2csc(-c3ccc(CN4CCOCC4)cc3)n2)c(C)c1. The highest BCUT2D eigenvalue weighted by atomic mass is 32.1. The van der Waals surface area contributed by atoms with E-state index in [4.69, 9.17) is 9.72 Å². The number of anilines is 2. The van der Waals surface area contributed by atoms with Gasteiger partial charge >= 0.3 is 0 Å². The van der Waals surface area contributed by atoms with E-state index < -0.39 is 0 Å². The van der Waals surface area contributed by atoms with Crippen molar-refractivity contribution in [1.82, 2.24) is 9.88 Å². The summed E-state index contributed by atoms with van der Waals surface area (Å²) in [7, 11) is 0. The second-order valence-electron chi connectivity index (χ2n) is 8.63. The van der Waals surface area contributed by atoms with Gasteiger partial charge in [0, 0.05) is 55.0 Å². The summed E-state index contributed by atoms with van der Waals surface area (Å²) < 4.78 is 5.43. The highest BCUT2D eigenvalue weighted by Crippen LogP contribution is 2.26. The largest absolute Gasteiger partial charge is 0.379 e. The average Bonchev–Trinajstić information content (AvgIpc) is 3.31. The summed E-state index contributed by atoms with van der Waals surface area (Å²) in [4.78, 5) is 22.1. The molecule has 1 amide bonds. The number of thiazole rings is 1. The summed E-state index contributed by atoms with van der Waals surface area (Å²) in [6.07, 6.45) is 0.267. The number of hydrogen-bond acceptors (Lipinski definition) is 6. The highest BCUT2D eigenvalue weighted by Gasteiger charge is 2.13. The molecule has 180 valence electrons. The zero-order chi connectivity index (χ0) is 23.9. The van der Waals surface area contributed by atoms with Crippen molar-refractivity contribution in [3.05, 3.63) is 64.7 Å². The molecule has 1 fully saturated rings. The lowest BCUT2D eigenvalue weighted by Gasteiger charge is -2.26. The number of aromatic nitrogens is 1. The fraction of sp³-hybridized carbons (Fsp3) is 0.407. The molecule has 3 aromatic rings. The maximum Gasteiger partial charge on any atom is 0.230 e. The van der Waals surface area contributed by atoms with Gasteiger partial charge in [-0.2, -0.15) is 0 Å². The quantitative estimate of drug-likeness (QED) is 0.470. The number of carbonyl (C=O) groups excluding carboxylic acids is 1. The number of rotatable bonds is 9. The predicted molar refractivity (Wildman–Crippen MR) is 141 cm³/mol. The number of nitrogens with one attached hydrogen (secondary N) is 1. The number of carbonyl (C=O) groups is 1. The first-order chi connectivity index (χ1) is 16.6. The first-order valence-electron chi connectivity index (χ1n) is 12.0. The van der Waals surface area contributed by atoms with Gasteiger partial charge in [0.25, 0.3) is 0 Å². The Hall–Kier alpha value is -2.74. The van der Waals surface area contributed by atoms with Crippen molar-refractivity contribution in [2.45, 2.75) is 33.7 Å². The minimum Gasteiger partial charge on any atom is -0.379 e. The van der Waals surface area contributed by atoms with Crippen LogP contribution in [0.5, 0.6) is 0 Å². The lowest BCUT2D eigenvalue weighted by atomic mass is 10.1. The molecule has 1 aromatic heterocycles. The van der Waals surface area contributed by atoms with Crippen LogP contribution < -0.4 is 10.2 Å². The van der Waals surface area contributed by atoms with Crippen molar-refractivity contribution in [3.8, 4) is 10.6 Å². The molecular weight excluding hydrogens is 444 g/mol. The van der Waals surface area contributed by atoms with Crippen LogP contribution in [-0.4, -0.2) is 55.2 Å². The third-order valence-electron chi connectivity index (χ3n) is 6.22. The van der Waals surface area contributed by atoms with Crippen molar-refractivity contribution in [2.24, 2.45) is 0 Å². The zero-order valence-corrected chi connectivity index (χ0v) is 21.2. The molecule has 6 nitrogen and oxygen atoms in total. The summed E-state index contributed by atoms with van der Waals surface area (Å²) in [6, 6.07) is 14.8. The highest BCUT2D eigenvalue weighted by molar-refractivity contribution is 7.13. The smallest absolute Gasteiger partial charge is 0.230 e. The molecule has 0 saturated carbocycles. The summed E-state index contributed by atoms with van der Waals surface area (Å²) in [6.45, 7) is 12.8. The fourth-order valence-electron chi connectivity index (χ4n) is 4.22. The Balaban J connectivity index is 1.34. The Morgan fingerprint density at radius 3 is 2.53 bits per heavy atom. The zero-order valence-electron chi connectivity index (χ0n) is 20.3. The second kappa shape index (κ2) is 11.6. The van der Waals surface area contributed by atoms with Crippen LogP contribution in [0.2, 0.25) is 0 Å². The van der Waals surface area contributed by atoms with Gasteiger partial charge in [-0.05, 0) is 50.1 Å². The summed E-state index contributed by atoms with van der Waals surface area (Å²) in [5.74, 6) is -0.0450. The van der Waals surface area contributed by atoms with Crippen molar-refractivity contribution >= 4 is 28.6 Å². The van der Waals surface area contributed by atoms with E-state index in [-0.39, 0.29) is 12.3 Å². The molecule has 4 rings (SSSR count). The van der Waals surface area contributed by atoms with Crippen LogP contribution in [0.15, 0.2) is 47.8 Å². The number of hydrogen-bond donors (Lipinski definition) is 1. The Kier molecular flexibility index (Phi) is 8.32. The van der Waals surface area contributed by atoms with Crippen LogP contribution in [0.4, 0.5) is 11.4 Å². The molecular formula is C27H34N4O2S. The number of morpholine rings is 1. The van der Waals surface area contributed by atoms with Crippen LogP contribution in [0.3, 0.4) is 0 Å². The van der Waals surface area contributed by atoms with Gasteiger partial charge in [-0.25, -0.2) is 4.98 Å². The van der Waals surface area contributed by atoms with Gasteiger partial charge in [0.05, 0.1) is 25.3 Å². The van der Waals surface area contributed by atoms with Crippen LogP contribution in [0.1, 0.15) is 30.7 Å². The van der Waals surface area contributed by atoms with E-state index in [1.54, 1.807) is 11.3 Å². The standard InChI is InChI=1S/C27H34N4O2S/c1-4-31(5-2)24-10-11-25(20(3)16-24)29-26(32)17-23-19-34-27(28-23)22-8-6-21(7-9-22)18-30-12-14-33-15-13-30/h6-11,16,19H,4-5,12-15,17-18H2,1-3H3,(H,29,32). The van der Waals surface area contributed by atoms with E-state index in [9.17, 15) is 4.79 Å². The van der Waals surface area contributed by atoms with Crippen LogP contribution in [0, 0.1) is 6.92 Å². The van der Waals surface area contributed by atoms with Gasteiger partial charge in [0.1, 0.15) is 5.01 Å². The second-order valence-corrected chi connectivity index (χ2v) is 9.48. The number of ether oxygens (including phenoxy) is 1. The van der Waals surface area contributed by atoms with Gasteiger partial charge in [-0.1, -0.05) is 24.3 Å². The number of amides is 1. The predicted octanol–water partition coefficient (Wildman–Crippen LogP) is 4.98. The van der Waals surface area contributed by atoms with Crippen molar-refractivity contribution in [1.29, 1.82) is 0 Å². The van der Waals surface area contributed by atoms with E-state index in [1.807, 2.05) is 18.4 Å². The summed E-state index contributed by atoms with van der Waals surface area (Å²) in [5, 5.41) is 5.97. The first-order valence-corrected chi connectivity index (χ1v) is 12.9. The molecule has 1 N–H and O–H groups in total. The molecule has 1 aliphatic heterocycles.